The number of imidazole rings is 1. The number of aromatic nitrogens is 2. The van der Waals surface area contributed by atoms with E-state index in [2.05, 4.69) is 4.98 Å². The van der Waals surface area contributed by atoms with Crippen molar-refractivity contribution in [3.63, 3.8) is 0 Å². The summed E-state index contributed by atoms with van der Waals surface area (Å²) in [5.41, 5.74) is 1.49. The SMILES string of the molecule is Cc1cc(F)cc(-c2nc(O)cn2C)c1. The summed E-state index contributed by atoms with van der Waals surface area (Å²) in [6, 6.07) is 4.67. The van der Waals surface area contributed by atoms with Crippen LogP contribution >= 0.6 is 0 Å². The predicted molar refractivity (Wildman–Crippen MR) is 55.0 cm³/mol. The van der Waals surface area contributed by atoms with E-state index in [0.29, 0.717) is 11.4 Å². The molecule has 0 radical (unpaired) electrons. The molecule has 78 valence electrons. The highest BCUT2D eigenvalue weighted by molar-refractivity contribution is 5.57. The van der Waals surface area contributed by atoms with E-state index >= 15 is 0 Å². The van der Waals surface area contributed by atoms with E-state index in [1.807, 2.05) is 13.0 Å². The zero-order valence-electron chi connectivity index (χ0n) is 8.53. The molecule has 1 aromatic heterocycles. The van der Waals surface area contributed by atoms with Crippen molar-refractivity contribution in [3.8, 4) is 17.3 Å². The van der Waals surface area contributed by atoms with Gasteiger partial charge in [-0.2, -0.15) is 4.98 Å². The van der Waals surface area contributed by atoms with E-state index < -0.39 is 0 Å². The van der Waals surface area contributed by atoms with Gasteiger partial charge in [0.1, 0.15) is 11.6 Å². The van der Waals surface area contributed by atoms with Crippen LogP contribution in [0.15, 0.2) is 24.4 Å². The van der Waals surface area contributed by atoms with E-state index in [1.165, 1.54) is 18.3 Å². The molecule has 0 aliphatic rings. The Morgan fingerprint density at radius 1 is 1.33 bits per heavy atom. The smallest absolute Gasteiger partial charge is 0.229 e. The van der Waals surface area contributed by atoms with Gasteiger partial charge >= 0.3 is 0 Å². The summed E-state index contributed by atoms with van der Waals surface area (Å²) in [4.78, 5) is 3.91. The number of nitrogens with zero attached hydrogens (tertiary/aromatic N) is 2. The molecule has 0 fully saturated rings. The summed E-state index contributed by atoms with van der Waals surface area (Å²) >= 11 is 0. The first-order chi connectivity index (χ1) is 7.06. The van der Waals surface area contributed by atoms with Crippen molar-refractivity contribution in [2.45, 2.75) is 6.92 Å². The molecule has 1 N–H and O–H groups in total. The molecule has 0 aliphatic heterocycles. The first-order valence-electron chi connectivity index (χ1n) is 4.56. The van der Waals surface area contributed by atoms with Gasteiger partial charge in [-0.1, -0.05) is 0 Å². The minimum absolute atomic E-state index is 0.0607. The maximum atomic E-state index is 13.2. The molecule has 0 aliphatic carbocycles. The lowest BCUT2D eigenvalue weighted by atomic mass is 10.1. The molecule has 0 atom stereocenters. The lowest BCUT2D eigenvalue weighted by Gasteiger charge is -2.02. The second kappa shape index (κ2) is 3.38. The summed E-state index contributed by atoms with van der Waals surface area (Å²) in [6.07, 6.45) is 1.48. The zero-order valence-corrected chi connectivity index (χ0v) is 8.53. The number of rotatable bonds is 1. The van der Waals surface area contributed by atoms with Crippen molar-refractivity contribution in [2.75, 3.05) is 0 Å². The maximum absolute atomic E-state index is 13.2. The van der Waals surface area contributed by atoms with Crippen LogP contribution in [0, 0.1) is 12.7 Å². The van der Waals surface area contributed by atoms with Gasteiger partial charge in [0.2, 0.25) is 5.88 Å². The molecule has 2 aromatic rings. The van der Waals surface area contributed by atoms with Gasteiger partial charge in [-0.3, -0.25) is 0 Å². The first-order valence-corrected chi connectivity index (χ1v) is 4.56. The van der Waals surface area contributed by atoms with Crippen LogP contribution in [0.2, 0.25) is 0 Å². The molecular formula is C11H11FN2O. The predicted octanol–water partition coefficient (Wildman–Crippen LogP) is 2.24. The van der Waals surface area contributed by atoms with Crippen molar-refractivity contribution >= 4 is 0 Å². The number of benzene rings is 1. The molecule has 0 saturated carbocycles. The summed E-state index contributed by atoms with van der Waals surface area (Å²) in [7, 11) is 1.75. The third-order valence-electron chi connectivity index (χ3n) is 2.16. The maximum Gasteiger partial charge on any atom is 0.229 e. The second-order valence-electron chi connectivity index (χ2n) is 3.55. The highest BCUT2D eigenvalue weighted by Crippen LogP contribution is 2.22. The van der Waals surface area contributed by atoms with Crippen LogP contribution in [0.1, 0.15) is 5.56 Å². The molecule has 15 heavy (non-hydrogen) atoms. The van der Waals surface area contributed by atoms with E-state index in [0.717, 1.165) is 5.56 Å². The van der Waals surface area contributed by atoms with Crippen molar-refractivity contribution in [3.05, 3.63) is 35.8 Å². The average molecular weight is 206 g/mol. The summed E-state index contributed by atoms with van der Waals surface area (Å²) in [5, 5.41) is 9.21. The molecule has 1 aromatic carbocycles. The van der Waals surface area contributed by atoms with Gasteiger partial charge in [0.05, 0.1) is 6.20 Å². The number of halogens is 1. The molecule has 4 heteroatoms. The van der Waals surface area contributed by atoms with Crippen molar-refractivity contribution in [2.24, 2.45) is 7.05 Å². The van der Waals surface area contributed by atoms with Crippen molar-refractivity contribution in [1.29, 1.82) is 0 Å². The number of hydrogen-bond acceptors (Lipinski definition) is 2. The molecule has 0 saturated heterocycles. The Morgan fingerprint density at radius 2 is 2.07 bits per heavy atom. The molecule has 0 amide bonds. The molecule has 3 nitrogen and oxygen atoms in total. The highest BCUT2D eigenvalue weighted by atomic mass is 19.1. The Labute approximate surface area is 86.8 Å². The largest absolute Gasteiger partial charge is 0.492 e. The molecular weight excluding hydrogens is 195 g/mol. The van der Waals surface area contributed by atoms with E-state index in [9.17, 15) is 9.50 Å². The molecule has 0 spiro atoms. The van der Waals surface area contributed by atoms with Gasteiger partial charge in [-0.25, -0.2) is 4.39 Å². The van der Waals surface area contributed by atoms with Gasteiger partial charge in [0.15, 0.2) is 0 Å². The van der Waals surface area contributed by atoms with Crippen molar-refractivity contribution in [1.82, 2.24) is 9.55 Å². The van der Waals surface area contributed by atoms with Gasteiger partial charge in [-0.15, -0.1) is 0 Å². The fourth-order valence-electron chi connectivity index (χ4n) is 1.58. The van der Waals surface area contributed by atoms with Gasteiger partial charge in [-0.05, 0) is 30.7 Å². The van der Waals surface area contributed by atoms with Crippen LogP contribution in [-0.2, 0) is 7.05 Å². The van der Waals surface area contributed by atoms with E-state index in [-0.39, 0.29) is 11.7 Å². The van der Waals surface area contributed by atoms with Crippen LogP contribution in [0.3, 0.4) is 0 Å². The Morgan fingerprint density at radius 3 is 2.60 bits per heavy atom. The van der Waals surface area contributed by atoms with Crippen LogP contribution in [-0.4, -0.2) is 14.7 Å². The van der Waals surface area contributed by atoms with Crippen LogP contribution in [0.5, 0.6) is 5.88 Å². The van der Waals surface area contributed by atoms with Crippen LogP contribution in [0.25, 0.3) is 11.4 Å². The first kappa shape index (κ1) is 9.71. The third-order valence-corrected chi connectivity index (χ3v) is 2.16. The lowest BCUT2D eigenvalue weighted by Crippen LogP contribution is -1.92. The normalized spacial score (nSPS) is 10.6. The Bertz CT molecular complexity index is 485. The molecule has 1 heterocycles. The zero-order chi connectivity index (χ0) is 11.0. The molecule has 0 bridgehead atoms. The fourth-order valence-corrected chi connectivity index (χ4v) is 1.58. The summed E-state index contributed by atoms with van der Waals surface area (Å²) in [5.74, 6) is 0.192. The minimum atomic E-state index is -0.299. The van der Waals surface area contributed by atoms with Gasteiger partial charge in [0.25, 0.3) is 0 Å². The molecule has 2 rings (SSSR count). The second-order valence-corrected chi connectivity index (χ2v) is 3.55. The lowest BCUT2D eigenvalue weighted by molar-refractivity contribution is 0.456. The van der Waals surface area contributed by atoms with Crippen LogP contribution < -0.4 is 0 Å². The van der Waals surface area contributed by atoms with Gasteiger partial charge in [0, 0.05) is 12.6 Å². The Hall–Kier alpha value is -1.84. The average Bonchev–Trinajstić information content (AvgIpc) is 2.43. The standard InChI is InChI=1S/C11H11FN2O/c1-7-3-8(5-9(12)4-7)11-13-10(15)6-14(11)2/h3-6,15H,1-2H3. The number of hydrogen-bond donors (Lipinski definition) is 1. The quantitative estimate of drug-likeness (QED) is 0.777. The highest BCUT2D eigenvalue weighted by Gasteiger charge is 2.08. The summed E-state index contributed by atoms with van der Waals surface area (Å²) in [6.45, 7) is 1.81. The van der Waals surface area contributed by atoms with E-state index in [1.54, 1.807) is 11.6 Å². The fraction of sp³-hybridized carbons (Fsp3) is 0.182. The van der Waals surface area contributed by atoms with E-state index in [4.69, 9.17) is 0 Å². The number of aryl methyl sites for hydroxylation is 2. The Balaban J connectivity index is 2.58. The number of aromatic hydroxyl groups is 1. The van der Waals surface area contributed by atoms with Gasteiger partial charge < -0.3 is 9.67 Å². The Kier molecular flexibility index (Phi) is 2.19. The monoisotopic (exact) mass is 206 g/mol. The topological polar surface area (TPSA) is 38.1 Å². The minimum Gasteiger partial charge on any atom is -0.492 e. The van der Waals surface area contributed by atoms with Crippen LogP contribution in [0.4, 0.5) is 4.39 Å². The third kappa shape index (κ3) is 1.83. The molecule has 0 unspecified atom stereocenters. The summed E-state index contributed by atoms with van der Waals surface area (Å²) < 4.78 is 14.8. The van der Waals surface area contributed by atoms with Crippen molar-refractivity contribution < 1.29 is 9.50 Å².